The van der Waals surface area contributed by atoms with Gasteiger partial charge >= 0.3 is 12.1 Å². The number of para-hydroxylation sites is 1. The Hall–Kier alpha value is -3.65. The predicted octanol–water partition coefficient (Wildman–Crippen LogP) is 4.42. The topological polar surface area (TPSA) is 95.6 Å². The zero-order valence-electron chi connectivity index (χ0n) is 22.7. The van der Waals surface area contributed by atoms with E-state index in [1.807, 2.05) is 107 Å². The first-order chi connectivity index (χ1) is 17.5. The lowest BCUT2D eigenvalue weighted by Gasteiger charge is -2.33. The molecule has 1 aliphatic rings. The van der Waals surface area contributed by atoms with Crippen LogP contribution in [0, 0.1) is 12.8 Å². The number of nitrogens with zero attached hydrogens (tertiary/aromatic N) is 2. The van der Waals surface area contributed by atoms with Crippen molar-refractivity contribution in [3.8, 4) is 0 Å². The molecule has 1 unspecified atom stereocenters. The molecule has 37 heavy (non-hydrogen) atoms. The van der Waals surface area contributed by atoms with Gasteiger partial charge in [0.05, 0.1) is 11.9 Å². The van der Waals surface area contributed by atoms with Gasteiger partial charge in [-0.3, -0.25) is 4.79 Å². The number of rotatable bonds is 9. The van der Waals surface area contributed by atoms with Crippen LogP contribution in [0.3, 0.4) is 0 Å². The van der Waals surface area contributed by atoms with Gasteiger partial charge in [0.2, 0.25) is 0 Å². The number of anilines is 1. The lowest BCUT2D eigenvalue weighted by molar-refractivity contribution is -0.501. The van der Waals surface area contributed by atoms with Gasteiger partial charge in [-0.25, -0.2) is 19.8 Å². The molecule has 198 valence electrons. The SMILES string of the molecule is Cc1ccc(C(=O)N(CCCNC(=O)OC(C)(C)C)C(C2=CN(c3ccccc3)C(=O)[NH2+]2)C(C)C)cc1. The molecule has 8 heteroatoms. The van der Waals surface area contributed by atoms with Crippen LogP contribution >= 0.6 is 0 Å². The molecule has 2 aromatic rings. The summed E-state index contributed by atoms with van der Waals surface area (Å²) < 4.78 is 5.32. The van der Waals surface area contributed by atoms with Gasteiger partial charge in [0.15, 0.2) is 5.70 Å². The minimum Gasteiger partial charge on any atom is -0.444 e. The summed E-state index contributed by atoms with van der Waals surface area (Å²) in [6, 6.07) is 16.5. The van der Waals surface area contributed by atoms with Gasteiger partial charge in [-0.15, -0.1) is 0 Å². The molecule has 0 aliphatic carbocycles. The molecule has 0 spiro atoms. The van der Waals surface area contributed by atoms with E-state index in [1.165, 1.54) is 0 Å². The van der Waals surface area contributed by atoms with Crippen LogP contribution < -0.4 is 15.5 Å². The highest BCUT2D eigenvalue weighted by molar-refractivity contribution is 5.95. The monoisotopic (exact) mass is 507 g/mol. The summed E-state index contributed by atoms with van der Waals surface area (Å²) in [5, 5.41) is 4.39. The van der Waals surface area contributed by atoms with E-state index in [2.05, 4.69) is 5.32 Å². The van der Waals surface area contributed by atoms with Gasteiger partial charge in [0.25, 0.3) is 5.91 Å². The van der Waals surface area contributed by atoms with Gasteiger partial charge in [-0.1, -0.05) is 49.7 Å². The maximum absolute atomic E-state index is 13.8. The summed E-state index contributed by atoms with van der Waals surface area (Å²) in [6.45, 7) is 12.3. The maximum atomic E-state index is 13.8. The first-order valence-electron chi connectivity index (χ1n) is 12.8. The number of hydrogen-bond acceptors (Lipinski definition) is 4. The number of nitrogens with two attached hydrogens (primary N) is 1. The smallest absolute Gasteiger partial charge is 0.429 e. The van der Waals surface area contributed by atoms with E-state index < -0.39 is 11.7 Å². The zero-order valence-corrected chi connectivity index (χ0v) is 22.7. The molecule has 1 atom stereocenters. The highest BCUT2D eigenvalue weighted by Gasteiger charge is 2.39. The molecule has 0 fully saturated rings. The molecule has 3 N–H and O–H groups in total. The first kappa shape index (κ1) is 27.9. The molecule has 1 heterocycles. The molecule has 1 aliphatic heterocycles. The number of urea groups is 1. The summed E-state index contributed by atoms with van der Waals surface area (Å²) in [5.74, 6) is -0.0740. The number of quaternary nitrogens is 1. The highest BCUT2D eigenvalue weighted by atomic mass is 16.6. The Morgan fingerprint density at radius 1 is 1.05 bits per heavy atom. The first-order valence-corrected chi connectivity index (χ1v) is 12.8. The van der Waals surface area contributed by atoms with Gasteiger partial charge in [0, 0.05) is 18.7 Å². The van der Waals surface area contributed by atoms with Crippen LogP contribution in [0.15, 0.2) is 66.5 Å². The van der Waals surface area contributed by atoms with Crippen molar-refractivity contribution in [2.24, 2.45) is 5.92 Å². The van der Waals surface area contributed by atoms with Crippen LogP contribution in [0.1, 0.15) is 57.0 Å². The van der Waals surface area contributed by atoms with Gasteiger partial charge < -0.3 is 15.0 Å². The van der Waals surface area contributed by atoms with E-state index >= 15 is 0 Å². The van der Waals surface area contributed by atoms with Crippen molar-refractivity contribution in [3.63, 3.8) is 0 Å². The van der Waals surface area contributed by atoms with E-state index in [0.29, 0.717) is 25.1 Å². The predicted molar refractivity (Wildman–Crippen MR) is 144 cm³/mol. The zero-order chi connectivity index (χ0) is 27.2. The number of alkyl carbamates (subject to hydrolysis) is 1. The summed E-state index contributed by atoms with van der Waals surface area (Å²) in [7, 11) is 0. The number of carbonyl (C=O) groups is 3. The van der Waals surface area contributed by atoms with Crippen LogP contribution in [0.2, 0.25) is 0 Å². The number of carbonyl (C=O) groups excluding carboxylic acids is 3. The fourth-order valence-corrected chi connectivity index (χ4v) is 4.32. The fraction of sp³-hybridized carbons (Fsp3) is 0.414. The average Bonchev–Trinajstić information content (AvgIpc) is 3.21. The van der Waals surface area contributed by atoms with E-state index in [0.717, 1.165) is 16.9 Å². The minimum atomic E-state index is -0.581. The number of hydrogen-bond donors (Lipinski definition) is 2. The molecule has 0 radical (unpaired) electrons. The van der Waals surface area contributed by atoms with E-state index in [4.69, 9.17) is 4.74 Å². The Morgan fingerprint density at radius 2 is 1.70 bits per heavy atom. The molecule has 2 aromatic carbocycles. The number of ether oxygens (including phenoxy) is 1. The summed E-state index contributed by atoms with van der Waals surface area (Å²) >= 11 is 0. The normalized spacial score (nSPS) is 14.4. The molecule has 0 saturated carbocycles. The third kappa shape index (κ3) is 7.67. The van der Waals surface area contributed by atoms with E-state index in [1.54, 1.807) is 10.2 Å². The van der Waals surface area contributed by atoms with Crippen molar-refractivity contribution in [2.75, 3.05) is 18.0 Å². The summed E-state index contributed by atoms with van der Waals surface area (Å²) in [6.07, 6.45) is 1.88. The van der Waals surface area contributed by atoms with Crippen LogP contribution in [0.5, 0.6) is 0 Å². The van der Waals surface area contributed by atoms with E-state index in [-0.39, 0.29) is 23.9 Å². The van der Waals surface area contributed by atoms with Crippen molar-refractivity contribution in [1.29, 1.82) is 0 Å². The summed E-state index contributed by atoms with van der Waals surface area (Å²) in [5.41, 5.74) is 2.63. The number of amides is 4. The fourth-order valence-electron chi connectivity index (χ4n) is 4.32. The van der Waals surface area contributed by atoms with Crippen LogP contribution in [0.25, 0.3) is 0 Å². The van der Waals surface area contributed by atoms with Crippen molar-refractivity contribution >= 4 is 23.7 Å². The standard InChI is InChI=1S/C29H38N4O4/c1-20(2)25(24-19-33(27(35)31-24)23-11-8-7-9-12-23)32(26(34)22-15-13-21(3)14-16-22)18-10-17-30-28(36)37-29(4,5)6/h7-9,11-16,19-20,25H,10,17-18H2,1-6H3,(H,30,36)(H,31,35)/p+1. The largest absolute Gasteiger partial charge is 0.444 e. The quantitative estimate of drug-likeness (QED) is 0.491. The van der Waals surface area contributed by atoms with E-state index in [9.17, 15) is 14.4 Å². The Labute approximate surface area is 219 Å². The molecule has 3 rings (SSSR count). The average molecular weight is 508 g/mol. The number of primary amides is 1. The minimum absolute atomic E-state index is 0.0410. The van der Waals surface area contributed by atoms with Crippen LogP contribution in [-0.4, -0.2) is 47.7 Å². The second-order valence-corrected chi connectivity index (χ2v) is 10.7. The molecule has 4 amide bonds. The Kier molecular flexibility index (Phi) is 9.10. The molecule has 0 aromatic heterocycles. The van der Waals surface area contributed by atoms with Gasteiger partial charge in [-0.2, -0.15) is 0 Å². The molecule has 8 nitrogen and oxygen atoms in total. The van der Waals surface area contributed by atoms with Crippen molar-refractivity contribution in [2.45, 2.75) is 59.6 Å². The Bertz CT molecular complexity index is 1120. The Balaban J connectivity index is 1.84. The third-order valence-electron chi connectivity index (χ3n) is 5.95. The number of aryl methyl sites for hydroxylation is 1. The second-order valence-electron chi connectivity index (χ2n) is 10.7. The lowest BCUT2D eigenvalue weighted by Crippen LogP contribution is -2.87. The molecular weight excluding hydrogens is 468 g/mol. The molecule has 0 saturated heterocycles. The highest BCUT2D eigenvalue weighted by Crippen LogP contribution is 2.24. The molecular formula is C29H39N4O4+. The van der Waals surface area contributed by atoms with Crippen molar-refractivity contribution in [1.82, 2.24) is 10.2 Å². The van der Waals surface area contributed by atoms with Gasteiger partial charge in [-0.05, 0) is 64.3 Å². The lowest BCUT2D eigenvalue weighted by atomic mass is 9.97. The number of benzene rings is 2. The Morgan fingerprint density at radius 3 is 2.30 bits per heavy atom. The van der Waals surface area contributed by atoms with Crippen LogP contribution in [0.4, 0.5) is 15.3 Å². The summed E-state index contributed by atoms with van der Waals surface area (Å²) in [4.78, 5) is 42.2. The second kappa shape index (κ2) is 12.1. The third-order valence-corrected chi connectivity index (χ3v) is 5.95. The van der Waals surface area contributed by atoms with Crippen LogP contribution in [-0.2, 0) is 4.74 Å². The van der Waals surface area contributed by atoms with Crippen molar-refractivity contribution in [3.05, 3.63) is 77.6 Å². The van der Waals surface area contributed by atoms with Crippen molar-refractivity contribution < 1.29 is 24.4 Å². The molecule has 0 bridgehead atoms. The number of nitrogens with one attached hydrogen (secondary N) is 1. The van der Waals surface area contributed by atoms with Gasteiger partial charge in [0.1, 0.15) is 11.6 Å². The maximum Gasteiger partial charge on any atom is 0.429 e.